The average Bonchev–Trinajstić information content (AvgIpc) is 2.85. The number of aryl methyl sites for hydroxylation is 1. The molecule has 0 bridgehead atoms. The summed E-state index contributed by atoms with van der Waals surface area (Å²) in [6, 6.07) is 15.7. The van der Waals surface area contributed by atoms with Crippen molar-refractivity contribution in [3.05, 3.63) is 57.8 Å². The van der Waals surface area contributed by atoms with Crippen molar-refractivity contribution >= 4 is 33.6 Å². The lowest BCUT2D eigenvalue weighted by molar-refractivity contribution is 0.803. The van der Waals surface area contributed by atoms with Crippen molar-refractivity contribution in [2.75, 3.05) is 0 Å². The molecule has 1 heterocycles. The smallest absolute Gasteiger partial charge is 0.0355 e. The SMILES string of the molecule is Cc1ccc(-c2ccc3sc4c(c3c2)=C[C@H](C)CC=4)cc1. The highest BCUT2D eigenvalue weighted by molar-refractivity contribution is 7.17. The van der Waals surface area contributed by atoms with Gasteiger partial charge < -0.3 is 0 Å². The van der Waals surface area contributed by atoms with Crippen LogP contribution < -0.4 is 9.75 Å². The van der Waals surface area contributed by atoms with E-state index in [0.717, 1.165) is 0 Å². The molecule has 0 aliphatic heterocycles. The summed E-state index contributed by atoms with van der Waals surface area (Å²) < 4.78 is 2.85. The maximum absolute atomic E-state index is 2.44. The summed E-state index contributed by atoms with van der Waals surface area (Å²) in [6.45, 7) is 4.43. The van der Waals surface area contributed by atoms with Crippen LogP contribution in [-0.4, -0.2) is 0 Å². The molecular formula is C20H18S. The first kappa shape index (κ1) is 12.8. The minimum absolute atomic E-state index is 0.651. The Bertz CT molecular complexity index is 926. The van der Waals surface area contributed by atoms with Crippen LogP contribution in [0.15, 0.2) is 42.5 Å². The van der Waals surface area contributed by atoms with E-state index in [1.54, 1.807) is 0 Å². The third-order valence-corrected chi connectivity index (χ3v) is 5.45. The number of benzene rings is 2. The fraction of sp³-hybridized carbons (Fsp3) is 0.200. The van der Waals surface area contributed by atoms with Crippen LogP contribution >= 0.6 is 11.3 Å². The first-order chi connectivity index (χ1) is 10.2. The highest BCUT2D eigenvalue weighted by Crippen LogP contribution is 2.25. The molecule has 0 spiro atoms. The first-order valence-corrected chi connectivity index (χ1v) is 8.34. The zero-order valence-electron chi connectivity index (χ0n) is 12.4. The molecule has 0 saturated carbocycles. The van der Waals surface area contributed by atoms with E-state index in [9.17, 15) is 0 Å². The van der Waals surface area contributed by atoms with Crippen LogP contribution in [0.2, 0.25) is 0 Å². The van der Waals surface area contributed by atoms with Gasteiger partial charge in [-0.2, -0.15) is 0 Å². The molecule has 2 aromatic carbocycles. The molecule has 104 valence electrons. The average molecular weight is 290 g/mol. The lowest BCUT2D eigenvalue weighted by Gasteiger charge is -2.05. The Hall–Kier alpha value is -1.86. The van der Waals surface area contributed by atoms with Gasteiger partial charge in [0.05, 0.1) is 0 Å². The predicted molar refractivity (Wildman–Crippen MR) is 94.0 cm³/mol. The molecule has 0 saturated heterocycles. The fourth-order valence-electron chi connectivity index (χ4n) is 3.03. The quantitative estimate of drug-likeness (QED) is 0.620. The Morgan fingerprint density at radius 3 is 2.57 bits per heavy atom. The molecule has 1 atom stereocenters. The van der Waals surface area contributed by atoms with Crippen LogP contribution in [0.1, 0.15) is 18.9 Å². The molecule has 1 aliphatic carbocycles. The largest absolute Gasteiger partial charge is 0.136 e. The molecule has 4 rings (SSSR count). The maximum Gasteiger partial charge on any atom is 0.0355 e. The van der Waals surface area contributed by atoms with E-state index in [2.05, 4.69) is 68.5 Å². The molecule has 1 aliphatic rings. The molecule has 3 aromatic rings. The van der Waals surface area contributed by atoms with Gasteiger partial charge in [-0.3, -0.25) is 0 Å². The summed E-state index contributed by atoms with van der Waals surface area (Å²) in [4.78, 5) is 0. The highest BCUT2D eigenvalue weighted by atomic mass is 32.1. The van der Waals surface area contributed by atoms with E-state index in [1.807, 2.05) is 11.3 Å². The van der Waals surface area contributed by atoms with Crippen molar-refractivity contribution in [3.63, 3.8) is 0 Å². The topological polar surface area (TPSA) is 0 Å². The predicted octanol–water partition coefficient (Wildman–Crippen LogP) is 4.48. The number of fused-ring (bicyclic) bond motifs is 3. The molecule has 21 heavy (non-hydrogen) atoms. The normalized spacial score (nSPS) is 17.1. The second-order valence-corrected chi connectivity index (χ2v) is 7.12. The molecule has 1 heteroatoms. The van der Waals surface area contributed by atoms with Crippen LogP contribution in [0, 0.1) is 12.8 Å². The molecule has 0 fully saturated rings. The minimum atomic E-state index is 0.651. The minimum Gasteiger partial charge on any atom is -0.136 e. The van der Waals surface area contributed by atoms with E-state index < -0.39 is 0 Å². The first-order valence-electron chi connectivity index (χ1n) is 7.52. The number of rotatable bonds is 1. The molecule has 0 radical (unpaired) electrons. The van der Waals surface area contributed by atoms with Crippen LogP contribution in [0.4, 0.5) is 0 Å². The van der Waals surface area contributed by atoms with Crippen LogP contribution in [0.25, 0.3) is 33.4 Å². The van der Waals surface area contributed by atoms with Gasteiger partial charge in [-0.15, -0.1) is 11.3 Å². The van der Waals surface area contributed by atoms with E-state index in [1.165, 1.54) is 42.9 Å². The maximum atomic E-state index is 2.44. The van der Waals surface area contributed by atoms with Crippen LogP contribution in [-0.2, 0) is 0 Å². The van der Waals surface area contributed by atoms with Crippen molar-refractivity contribution in [1.29, 1.82) is 0 Å². The van der Waals surface area contributed by atoms with Crippen molar-refractivity contribution in [2.45, 2.75) is 20.3 Å². The summed E-state index contributed by atoms with van der Waals surface area (Å²) in [7, 11) is 0. The number of hydrogen-bond acceptors (Lipinski definition) is 1. The van der Waals surface area contributed by atoms with Crippen LogP contribution in [0.3, 0.4) is 0 Å². The van der Waals surface area contributed by atoms with Crippen molar-refractivity contribution in [1.82, 2.24) is 0 Å². The fourth-order valence-corrected chi connectivity index (χ4v) is 4.15. The van der Waals surface area contributed by atoms with Crippen LogP contribution in [0.5, 0.6) is 0 Å². The van der Waals surface area contributed by atoms with Crippen molar-refractivity contribution < 1.29 is 0 Å². The monoisotopic (exact) mass is 290 g/mol. The molecule has 0 nitrogen and oxygen atoms in total. The number of thiophene rings is 1. The number of hydrogen-bond donors (Lipinski definition) is 0. The van der Waals surface area contributed by atoms with E-state index >= 15 is 0 Å². The molecular weight excluding hydrogens is 272 g/mol. The van der Waals surface area contributed by atoms with Gasteiger partial charge in [0.25, 0.3) is 0 Å². The van der Waals surface area contributed by atoms with E-state index in [0.29, 0.717) is 5.92 Å². The van der Waals surface area contributed by atoms with Crippen molar-refractivity contribution in [3.8, 4) is 11.1 Å². The lowest BCUT2D eigenvalue weighted by Crippen LogP contribution is -2.23. The third-order valence-electron chi connectivity index (χ3n) is 4.27. The highest BCUT2D eigenvalue weighted by Gasteiger charge is 2.08. The molecule has 1 aromatic heterocycles. The van der Waals surface area contributed by atoms with Gasteiger partial charge >= 0.3 is 0 Å². The standard InChI is InChI=1S/C20H18S/c1-13-3-6-15(7-4-13)16-8-10-20-18(12-16)17-11-14(2)5-9-19(17)21-20/h3-4,6-12,14H,5H2,1-2H3/t14-/m1/s1. The van der Waals surface area contributed by atoms with Gasteiger partial charge in [-0.05, 0) is 47.7 Å². The zero-order valence-corrected chi connectivity index (χ0v) is 13.2. The molecule has 0 N–H and O–H groups in total. The Labute approximate surface area is 129 Å². The van der Waals surface area contributed by atoms with Gasteiger partial charge in [-0.1, -0.05) is 55.0 Å². The molecule has 0 amide bonds. The second kappa shape index (κ2) is 4.85. The summed E-state index contributed by atoms with van der Waals surface area (Å²) in [5.41, 5.74) is 3.93. The van der Waals surface area contributed by atoms with Gasteiger partial charge in [0.1, 0.15) is 0 Å². The zero-order chi connectivity index (χ0) is 14.4. The third kappa shape index (κ3) is 2.22. The summed E-state index contributed by atoms with van der Waals surface area (Å²) in [5, 5.41) is 2.86. The second-order valence-electron chi connectivity index (χ2n) is 6.04. The Morgan fingerprint density at radius 2 is 1.76 bits per heavy atom. The van der Waals surface area contributed by atoms with E-state index in [4.69, 9.17) is 0 Å². The molecule has 0 unspecified atom stereocenters. The lowest BCUT2D eigenvalue weighted by atomic mass is 9.99. The van der Waals surface area contributed by atoms with Gasteiger partial charge in [0, 0.05) is 14.6 Å². The Kier molecular flexibility index (Phi) is 2.97. The summed E-state index contributed by atoms with van der Waals surface area (Å²) in [5.74, 6) is 0.651. The Balaban J connectivity index is 1.96. The van der Waals surface area contributed by atoms with Gasteiger partial charge in [-0.25, -0.2) is 0 Å². The van der Waals surface area contributed by atoms with Gasteiger partial charge in [0.2, 0.25) is 0 Å². The Morgan fingerprint density at radius 1 is 1.00 bits per heavy atom. The van der Waals surface area contributed by atoms with Gasteiger partial charge in [0.15, 0.2) is 0 Å². The van der Waals surface area contributed by atoms with Crippen molar-refractivity contribution in [2.24, 2.45) is 5.92 Å². The van der Waals surface area contributed by atoms with E-state index in [-0.39, 0.29) is 0 Å². The summed E-state index contributed by atoms with van der Waals surface area (Å²) >= 11 is 1.92. The summed E-state index contributed by atoms with van der Waals surface area (Å²) in [6.07, 6.45) is 6.01.